The molecule has 0 aliphatic rings. The minimum absolute atomic E-state index is 0.0495. The monoisotopic (exact) mass is 465 g/mol. The lowest BCUT2D eigenvalue weighted by atomic mass is 9.97. The van der Waals surface area contributed by atoms with Gasteiger partial charge < -0.3 is 14.3 Å². The van der Waals surface area contributed by atoms with Crippen LogP contribution < -0.4 is 5.32 Å². The van der Waals surface area contributed by atoms with Crippen LogP contribution in [0.4, 0.5) is 5.69 Å². The van der Waals surface area contributed by atoms with Gasteiger partial charge in [-0.3, -0.25) is 4.79 Å². The fourth-order valence-corrected chi connectivity index (χ4v) is 4.48. The Labute approximate surface area is 191 Å². The minimum Gasteiger partial charge on any atom is -0.459 e. The summed E-state index contributed by atoms with van der Waals surface area (Å²) in [5, 5.41) is 6.74. The quantitative estimate of drug-likeness (QED) is 0.433. The first-order valence-corrected chi connectivity index (χ1v) is 11.9. The summed E-state index contributed by atoms with van der Waals surface area (Å²) in [6, 6.07) is 16.5. The number of rotatable bonds is 6. The topological polar surface area (TPSA) is 115 Å². The van der Waals surface area contributed by atoms with E-state index in [0.29, 0.717) is 17.4 Å². The molecular formula is C24H23N3O5S. The maximum absolute atomic E-state index is 12.7. The maximum Gasteiger partial charge on any atom is 0.291 e. The Bertz CT molecular complexity index is 1370. The van der Waals surface area contributed by atoms with Gasteiger partial charge in [0.2, 0.25) is 11.7 Å². The van der Waals surface area contributed by atoms with Crippen LogP contribution in [0.1, 0.15) is 42.8 Å². The summed E-state index contributed by atoms with van der Waals surface area (Å²) in [5.74, 6) is 0.0541. The summed E-state index contributed by atoms with van der Waals surface area (Å²) in [6.07, 6.45) is 1.30. The van der Waals surface area contributed by atoms with Crippen molar-refractivity contribution >= 4 is 21.4 Å². The molecular weight excluding hydrogens is 442 g/mol. The highest BCUT2D eigenvalue weighted by Crippen LogP contribution is 2.25. The highest BCUT2D eigenvalue weighted by molar-refractivity contribution is 7.90. The van der Waals surface area contributed by atoms with E-state index in [-0.39, 0.29) is 27.4 Å². The van der Waals surface area contributed by atoms with Crippen LogP contribution in [0.15, 0.2) is 80.8 Å². The van der Waals surface area contributed by atoms with Gasteiger partial charge in [0.1, 0.15) is 0 Å². The zero-order chi connectivity index (χ0) is 23.6. The molecule has 2 aromatic heterocycles. The third-order valence-electron chi connectivity index (χ3n) is 4.87. The third-order valence-corrected chi connectivity index (χ3v) is 6.55. The van der Waals surface area contributed by atoms with Crippen LogP contribution in [-0.2, 0) is 21.0 Å². The standard InChI is InChI=1S/C24H23N3O5S/c1-24(2,3)23-26-21(27-32-23)16-9-11-18(12-10-16)25-22(28)20-17(13-14-31-20)15-33(29,30)19-7-5-4-6-8-19/h4-14H,15H2,1-3H3,(H,25,28). The van der Waals surface area contributed by atoms with E-state index >= 15 is 0 Å². The van der Waals surface area contributed by atoms with Gasteiger partial charge in [-0.05, 0) is 42.5 Å². The largest absolute Gasteiger partial charge is 0.459 e. The Kier molecular flexibility index (Phi) is 5.90. The van der Waals surface area contributed by atoms with Gasteiger partial charge in [0.25, 0.3) is 5.91 Å². The molecule has 0 bridgehead atoms. The summed E-state index contributed by atoms with van der Waals surface area (Å²) in [5.41, 5.74) is 1.28. The van der Waals surface area contributed by atoms with Crippen molar-refractivity contribution in [3.63, 3.8) is 0 Å². The smallest absolute Gasteiger partial charge is 0.291 e. The Morgan fingerprint density at radius 2 is 1.70 bits per heavy atom. The van der Waals surface area contributed by atoms with E-state index in [1.165, 1.54) is 24.5 Å². The van der Waals surface area contributed by atoms with E-state index in [9.17, 15) is 13.2 Å². The first-order valence-electron chi connectivity index (χ1n) is 10.2. The lowest BCUT2D eigenvalue weighted by Gasteiger charge is -2.10. The molecule has 0 spiro atoms. The molecule has 2 aromatic carbocycles. The molecule has 0 radical (unpaired) electrons. The van der Waals surface area contributed by atoms with Crippen LogP contribution in [0, 0.1) is 0 Å². The van der Waals surface area contributed by atoms with E-state index in [1.54, 1.807) is 42.5 Å². The van der Waals surface area contributed by atoms with E-state index in [4.69, 9.17) is 8.94 Å². The molecule has 0 aliphatic heterocycles. The van der Waals surface area contributed by atoms with Gasteiger partial charge in [-0.1, -0.05) is 44.1 Å². The number of sulfone groups is 1. The Hall–Kier alpha value is -3.72. The maximum atomic E-state index is 12.7. The molecule has 1 N–H and O–H groups in total. The van der Waals surface area contributed by atoms with Crippen molar-refractivity contribution in [2.24, 2.45) is 0 Å². The van der Waals surface area contributed by atoms with E-state index < -0.39 is 15.7 Å². The average molecular weight is 466 g/mol. The molecule has 0 atom stereocenters. The molecule has 9 heteroatoms. The lowest BCUT2D eigenvalue weighted by Crippen LogP contribution is -2.14. The second-order valence-corrected chi connectivity index (χ2v) is 10.5. The fraction of sp³-hybridized carbons (Fsp3) is 0.208. The van der Waals surface area contributed by atoms with Crippen LogP contribution in [-0.4, -0.2) is 24.5 Å². The molecule has 0 unspecified atom stereocenters. The van der Waals surface area contributed by atoms with Gasteiger partial charge in [-0.15, -0.1) is 0 Å². The van der Waals surface area contributed by atoms with E-state index in [0.717, 1.165) is 5.56 Å². The summed E-state index contributed by atoms with van der Waals surface area (Å²) in [4.78, 5) is 17.3. The van der Waals surface area contributed by atoms with Crippen LogP contribution in [0.2, 0.25) is 0 Å². The van der Waals surface area contributed by atoms with Gasteiger partial charge in [0.15, 0.2) is 15.6 Å². The van der Waals surface area contributed by atoms with Crippen molar-refractivity contribution in [3.05, 3.63) is 84.1 Å². The fourth-order valence-electron chi connectivity index (χ4n) is 3.10. The van der Waals surface area contributed by atoms with Gasteiger partial charge in [0, 0.05) is 22.2 Å². The number of aromatic nitrogens is 2. The number of carbonyl (C=O) groups excluding carboxylic acids is 1. The van der Waals surface area contributed by atoms with Crippen molar-refractivity contribution < 1.29 is 22.2 Å². The number of carbonyl (C=O) groups is 1. The Morgan fingerprint density at radius 3 is 2.33 bits per heavy atom. The summed E-state index contributed by atoms with van der Waals surface area (Å²) >= 11 is 0. The van der Waals surface area contributed by atoms with Gasteiger partial charge in [-0.2, -0.15) is 4.98 Å². The number of hydrogen-bond acceptors (Lipinski definition) is 7. The zero-order valence-electron chi connectivity index (χ0n) is 18.4. The molecule has 4 aromatic rings. The second-order valence-electron chi connectivity index (χ2n) is 8.55. The van der Waals surface area contributed by atoms with E-state index in [2.05, 4.69) is 15.5 Å². The van der Waals surface area contributed by atoms with Crippen molar-refractivity contribution in [1.29, 1.82) is 0 Å². The van der Waals surface area contributed by atoms with Crippen molar-refractivity contribution in [3.8, 4) is 11.4 Å². The van der Waals surface area contributed by atoms with Crippen LogP contribution >= 0.6 is 0 Å². The highest BCUT2D eigenvalue weighted by Gasteiger charge is 2.24. The van der Waals surface area contributed by atoms with Gasteiger partial charge in [0.05, 0.1) is 16.9 Å². The predicted octanol–water partition coefficient (Wildman–Crippen LogP) is 4.85. The number of amides is 1. The van der Waals surface area contributed by atoms with Crippen LogP contribution in [0.5, 0.6) is 0 Å². The molecule has 8 nitrogen and oxygen atoms in total. The highest BCUT2D eigenvalue weighted by atomic mass is 32.2. The van der Waals surface area contributed by atoms with Crippen molar-refractivity contribution in [2.75, 3.05) is 5.32 Å². The van der Waals surface area contributed by atoms with Crippen molar-refractivity contribution in [2.45, 2.75) is 36.8 Å². The summed E-state index contributed by atoms with van der Waals surface area (Å²) < 4.78 is 36.0. The summed E-state index contributed by atoms with van der Waals surface area (Å²) in [6.45, 7) is 5.95. The Morgan fingerprint density at radius 1 is 1.00 bits per heavy atom. The molecule has 170 valence electrons. The van der Waals surface area contributed by atoms with Gasteiger partial charge in [-0.25, -0.2) is 8.42 Å². The van der Waals surface area contributed by atoms with Crippen molar-refractivity contribution in [1.82, 2.24) is 10.1 Å². The SMILES string of the molecule is CC(C)(C)c1nc(-c2ccc(NC(=O)c3occc3CS(=O)(=O)c3ccccc3)cc2)no1. The number of nitrogens with zero attached hydrogens (tertiary/aromatic N) is 2. The molecule has 0 saturated carbocycles. The average Bonchev–Trinajstić information content (AvgIpc) is 3.44. The number of benzene rings is 2. The Balaban J connectivity index is 1.47. The second kappa shape index (κ2) is 8.67. The van der Waals surface area contributed by atoms with Crippen LogP contribution in [0.25, 0.3) is 11.4 Å². The normalized spacial score (nSPS) is 12.0. The zero-order valence-corrected chi connectivity index (χ0v) is 19.2. The first kappa shape index (κ1) is 22.5. The third kappa shape index (κ3) is 5.04. The first-order chi connectivity index (χ1) is 15.6. The molecule has 0 fully saturated rings. The molecule has 4 rings (SSSR count). The number of hydrogen-bond donors (Lipinski definition) is 1. The molecule has 1 amide bonds. The van der Waals surface area contributed by atoms with E-state index in [1.807, 2.05) is 20.8 Å². The number of furan rings is 1. The minimum atomic E-state index is -3.62. The lowest BCUT2D eigenvalue weighted by molar-refractivity contribution is 0.0996. The number of anilines is 1. The molecule has 2 heterocycles. The number of nitrogens with one attached hydrogen (secondary N) is 1. The predicted molar refractivity (Wildman–Crippen MR) is 122 cm³/mol. The molecule has 33 heavy (non-hydrogen) atoms. The summed E-state index contributed by atoms with van der Waals surface area (Å²) in [7, 11) is -3.62. The van der Waals surface area contributed by atoms with Gasteiger partial charge >= 0.3 is 0 Å². The van der Waals surface area contributed by atoms with Crippen LogP contribution in [0.3, 0.4) is 0 Å². The molecule has 0 saturated heterocycles. The molecule has 0 aliphatic carbocycles.